The number of aromatic nitrogens is 1. The summed E-state index contributed by atoms with van der Waals surface area (Å²) in [7, 11) is 0. The Morgan fingerprint density at radius 3 is 2.95 bits per heavy atom. The highest BCUT2D eigenvalue weighted by Crippen LogP contribution is 2.25. The number of likely N-dealkylation sites (tertiary alicyclic amines) is 1. The van der Waals surface area contributed by atoms with Crippen LogP contribution in [0.3, 0.4) is 0 Å². The summed E-state index contributed by atoms with van der Waals surface area (Å²) in [6.45, 7) is 3.24. The molecule has 1 atom stereocenters. The fourth-order valence-corrected chi connectivity index (χ4v) is 3.59. The van der Waals surface area contributed by atoms with E-state index in [0.29, 0.717) is 11.6 Å². The standard InChI is InChI=1S/C17H19BrN2O2/c1-12-4-2-3-7-20(12)17(22)10-19-9-13(11-21)15-8-14(18)5-6-16(15)19/h5-6,8-9,11-12H,2-4,7,10H2,1H3/t12-/m1/s1. The van der Waals surface area contributed by atoms with Crippen molar-refractivity contribution >= 4 is 39.0 Å². The van der Waals surface area contributed by atoms with Crippen LogP contribution in [0.2, 0.25) is 0 Å². The summed E-state index contributed by atoms with van der Waals surface area (Å²) in [5.41, 5.74) is 1.54. The molecule has 0 radical (unpaired) electrons. The second kappa shape index (κ2) is 6.24. The Morgan fingerprint density at radius 2 is 2.23 bits per heavy atom. The van der Waals surface area contributed by atoms with Crippen LogP contribution in [0.15, 0.2) is 28.9 Å². The zero-order valence-corrected chi connectivity index (χ0v) is 14.2. The fourth-order valence-electron chi connectivity index (χ4n) is 3.23. The van der Waals surface area contributed by atoms with Crippen molar-refractivity contribution < 1.29 is 9.59 Å². The minimum atomic E-state index is 0.129. The van der Waals surface area contributed by atoms with E-state index in [9.17, 15) is 9.59 Å². The summed E-state index contributed by atoms with van der Waals surface area (Å²) in [5.74, 6) is 0.129. The van der Waals surface area contributed by atoms with Crippen molar-refractivity contribution in [2.24, 2.45) is 0 Å². The van der Waals surface area contributed by atoms with Gasteiger partial charge in [0.1, 0.15) is 6.54 Å². The lowest BCUT2D eigenvalue weighted by Crippen LogP contribution is -2.43. The molecule has 116 valence electrons. The van der Waals surface area contributed by atoms with Gasteiger partial charge >= 0.3 is 0 Å². The van der Waals surface area contributed by atoms with Crippen LogP contribution in [0, 0.1) is 0 Å². The minimum Gasteiger partial charge on any atom is -0.338 e. The molecule has 1 amide bonds. The molecule has 22 heavy (non-hydrogen) atoms. The molecule has 1 aromatic heterocycles. The van der Waals surface area contributed by atoms with Crippen molar-refractivity contribution in [2.75, 3.05) is 6.54 Å². The average Bonchev–Trinajstić information content (AvgIpc) is 2.84. The van der Waals surface area contributed by atoms with Gasteiger partial charge in [-0.05, 0) is 44.4 Å². The maximum atomic E-state index is 12.6. The first-order valence-corrected chi connectivity index (χ1v) is 8.42. The summed E-state index contributed by atoms with van der Waals surface area (Å²) in [6, 6.07) is 6.10. The Balaban J connectivity index is 1.90. The summed E-state index contributed by atoms with van der Waals surface area (Å²) in [6.07, 6.45) is 5.97. The molecule has 1 fully saturated rings. The first kappa shape index (κ1) is 15.3. The van der Waals surface area contributed by atoms with Crippen LogP contribution in [0.5, 0.6) is 0 Å². The molecule has 0 N–H and O–H groups in total. The van der Waals surface area contributed by atoms with Gasteiger partial charge in [0.15, 0.2) is 6.29 Å². The molecule has 1 saturated heterocycles. The van der Waals surface area contributed by atoms with Crippen molar-refractivity contribution in [3.63, 3.8) is 0 Å². The van der Waals surface area contributed by atoms with E-state index in [1.807, 2.05) is 27.7 Å². The molecule has 0 spiro atoms. The summed E-state index contributed by atoms with van der Waals surface area (Å²) in [4.78, 5) is 25.8. The Morgan fingerprint density at radius 1 is 1.41 bits per heavy atom. The first-order chi connectivity index (χ1) is 10.6. The lowest BCUT2D eigenvalue weighted by Gasteiger charge is -2.33. The number of piperidine rings is 1. The number of hydrogen-bond acceptors (Lipinski definition) is 2. The highest BCUT2D eigenvalue weighted by atomic mass is 79.9. The number of amides is 1. The van der Waals surface area contributed by atoms with Gasteiger partial charge in [0.05, 0.1) is 0 Å². The van der Waals surface area contributed by atoms with Gasteiger partial charge in [-0.25, -0.2) is 0 Å². The monoisotopic (exact) mass is 362 g/mol. The van der Waals surface area contributed by atoms with Crippen molar-refractivity contribution in [1.82, 2.24) is 9.47 Å². The maximum Gasteiger partial charge on any atom is 0.242 e. The third-order valence-electron chi connectivity index (χ3n) is 4.43. The predicted molar refractivity (Wildman–Crippen MR) is 90.1 cm³/mol. The van der Waals surface area contributed by atoms with Crippen molar-refractivity contribution in [3.8, 4) is 0 Å². The van der Waals surface area contributed by atoms with Gasteiger partial charge in [-0.1, -0.05) is 15.9 Å². The van der Waals surface area contributed by atoms with Crippen LogP contribution in [0.1, 0.15) is 36.5 Å². The number of rotatable bonds is 3. The third kappa shape index (κ3) is 2.82. The van der Waals surface area contributed by atoms with Gasteiger partial charge in [0.25, 0.3) is 0 Å². The quantitative estimate of drug-likeness (QED) is 0.782. The molecule has 0 saturated carbocycles. The SMILES string of the molecule is C[C@@H]1CCCCN1C(=O)Cn1cc(C=O)c2cc(Br)ccc21. The number of halogens is 1. The molecule has 5 heteroatoms. The number of carbonyl (C=O) groups is 2. The molecule has 0 bridgehead atoms. The number of fused-ring (bicyclic) bond motifs is 1. The Hall–Kier alpha value is -1.62. The summed E-state index contributed by atoms with van der Waals surface area (Å²) < 4.78 is 2.81. The van der Waals surface area contributed by atoms with Crippen molar-refractivity contribution in [3.05, 3.63) is 34.4 Å². The van der Waals surface area contributed by atoms with Crippen LogP contribution in [-0.2, 0) is 11.3 Å². The van der Waals surface area contributed by atoms with Crippen molar-refractivity contribution in [2.45, 2.75) is 38.8 Å². The molecule has 1 aromatic carbocycles. The van der Waals surface area contributed by atoms with Crippen LogP contribution in [0.25, 0.3) is 10.9 Å². The van der Waals surface area contributed by atoms with Crippen LogP contribution >= 0.6 is 15.9 Å². The smallest absolute Gasteiger partial charge is 0.242 e. The van der Waals surface area contributed by atoms with Gasteiger partial charge in [-0.3, -0.25) is 9.59 Å². The fraction of sp³-hybridized carbons (Fsp3) is 0.412. The molecule has 2 heterocycles. The molecular formula is C17H19BrN2O2. The van der Waals surface area contributed by atoms with E-state index >= 15 is 0 Å². The molecule has 1 aliphatic rings. The lowest BCUT2D eigenvalue weighted by molar-refractivity contribution is -0.135. The number of aldehydes is 1. The van der Waals surface area contributed by atoms with E-state index in [1.54, 1.807) is 6.20 Å². The molecule has 3 rings (SSSR count). The maximum absolute atomic E-state index is 12.6. The molecule has 4 nitrogen and oxygen atoms in total. The van der Waals surface area contributed by atoms with E-state index in [-0.39, 0.29) is 12.5 Å². The van der Waals surface area contributed by atoms with E-state index in [2.05, 4.69) is 22.9 Å². The van der Waals surface area contributed by atoms with Crippen LogP contribution in [-0.4, -0.2) is 34.2 Å². The number of hydrogen-bond donors (Lipinski definition) is 0. The Bertz CT molecular complexity index is 723. The number of nitrogens with zero attached hydrogens (tertiary/aromatic N) is 2. The zero-order chi connectivity index (χ0) is 15.7. The van der Waals surface area contributed by atoms with E-state index in [0.717, 1.165) is 41.0 Å². The highest BCUT2D eigenvalue weighted by Gasteiger charge is 2.23. The minimum absolute atomic E-state index is 0.129. The van der Waals surface area contributed by atoms with Crippen LogP contribution < -0.4 is 0 Å². The highest BCUT2D eigenvalue weighted by molar-refractivity contribution is 9.10. The van der Waals surface area contributed by atoms with Gasteiger partial charge in [0.2, 0.25) is 5.91 Å². The Kier molecular flexibility index (Phi) is 4.34. The van der Waals surface area contributed by atoms with Gasteiger partial charge in [-0.2, -0.15) is 0 Å². The largest absolute Gasteiger partial charge is 0.338 e. The number of benzene rings is 1. The normalized spacial score (nSPS) is 18.6. The zero-order valence-electron chi connectivity index (χ0n) is 12.6. The van der Waals surface area contributed by atoms with E-state index < -0.39 is 0 Å². The van der Waals surface area contributed by atoms with E-state index in [1.165, 1.54) is 6.42 Å². The Labute approximate surface area is 138 Å². The molecular weight excluding hydrogens is 344 g/mol. The van der Waals surface area contributed by atoms with Gasteiger partial charge < -0.3 is 9.47 Å². The molecule has 2 aromatic rings. The number of carbonyl (C=O) groups excluding carboxylic acids is 2. The molecule has 0 unspecified atom stereocenters. The predicted octanol–water partition coefficient (Wildman–Crippen LogP) is 3.62. The van der Waals surface area contributed by atoms with E-state index in [4.69, 9.17) is 0 Å². The second-order valence-electron chi connectivity index (χ2n) is 5.92. The molecule has 1 aliphatic heterocycles. The third-order valence-corrected chi connectivity index (χ3v) is 4.92. The molecule has 0 aliphatic carbocycles. The van der Waals surface area contributed by atoms with Crippen LogP contribution in [0.4, 0.5) is 0 Å². The summed E-state index contributed by atoms with van der Waals surface area (Å²) >= 11 is 3.43. The lowest BCUT2D eigenvalue weighted by atomic mass is 10.0. The summed E-state index contributed by atoms with van der Waals surface area (Å²) in [5, 5.41) is 0.879. The average molecular weight is 363 g/mol. The van der Waals surface area contributed by atoms with Gasteiger partial charge in [-0.15, -0.1) is 0 Å². The topological polar surface area (TPSA) is 42.3 Å². The van der Waals surface area contributed by atoms with Gasteiger partial charge in [0, 0.05) is 39.7 Å². The van der Waals surface area contributed by atoms with Crippen molar-refractivity contribution in [1.29, 1.82) is 0 Å². The first-order valence-electron chi connectivity index (χ1n) is 7.63. The second-order valence-corrected chi connectivity index (χ2v) is 6.84.